The van der Waals surface area contributed by atoms with Crippen molar-refractivity contribution >= 4 is 60.4 Å². The van der Waals surface area contributed by atoms with E-state index < -0.39 is 0 Å². The van der Waals surface area contributed by atoms with E-state index in [1.165, 1.54) is 76.7 Å². The van der Waals surface area contributed by atoms with Crippen molar-refractivity contribution in [3.8, 4) is 39.1 Å². The zero-order valence-electron chi connectivity index (χ0n) is 31.8. The van der Waals surface area contributed by atoms with E-state index in [1.54, 1.807) is 0 Å². The predicted molar refractivity (Wildman–Crippen MR) is 247 cm³/mol. The molecule has 0 aliphatic heterocycles. The summed E-state index contributed by atoms with van der Waals surface area (Å²) in [7, 11) is 0. The van der Waals surface area contributed by atoms with Gasteiger partial charge in [0, 0.05) is 33.5 Å². The Morgan fingerprint density at radius 3 is 1.48 bits per heavy atom. The van der Waals surface area contributed by atoms with Gasteiger partial charge in [0.05, 0.1) is 11.0 Å². The Bertz CT molecular complexity index is 3270. The number of hydrogen-bond acceptors (Lipinski definition) is 1. The number of nitrogens with zero attached hydrogens (tertiary/aromatic N) is 2. The first-order valence-electron chi connectivity index (χ1n) is 19.9. The third kappa shape index (κ3) is 6.00. The molecule has 11 aromatic rings. The molecular formula is C56H38N2. The van der Waals surface area contributed by atoms with Crippen molar-refractivity contribution in [3.63, 3.8) is 0 Å². The Morgan fingerprint density at radius 2 is 0.741 bits per heavy atom. The van der Waals surface area contributed by atoms with Crippen LogP contribution in [0.15, 0.2) is 231 Å². The molecule has 0 aliphatic carbocycles. The molecule has 0 unspecified atom stereocenters. The highest BCUT2D eigenvalue weighted by atomic mass is 15.1. The van der Waals surface area contributed by atoms with Crippen molar-refractivity contribution < 1.29 is 0 Å². The molecule has 0 amide bonds. The molecule has 1 heterocycles. The van der Waals surface area contributed by atoms with Gasteiger partial charge in [0.25, 0.3) is 0 Å². The number of para-hydroxylation sites is 2. The first-order chi connectivity index (χ1) is 28.7. The molecule has 2 nitrogen and oxygen atoms in total. The minimum Gasteiger partial charge on any atom is -0.310 e. The monoisotopic (exact) mass is 738 g/mol. The average Bonchev–Trinajstić information content (AvgIpc) is 3.63. The number of hydrogen-bond donors (Lipinski definition) is 0. The van der Waals surface area contributed by atoms with Gasteiger partial charge in [-0.05, 0) is 134 Å². The standard InChI is InChI=1S/C56H38N2/c1-3-12-39(13-4-1)43-16-11-19-51(37-43)57(52-32-33-56-54(38-52)53-20-9-10-21-55(53)58(56)49-17-5-2-6-18-49)50-30-28-41(29-31-50)44-24-25-47-36-48(27-26-46(47)35-44)45-23-22-40-14-7-8-15-42(40)34-45/h1-38H. The van der Waals surface area contributed by atoms with Crippen LogP contribution in [-0.2, 0) is 0 Å². The normalized spacial score (nSPS) is 11.4. The number of anilines is 3. The molecule has 2 heteroatoms. The summed E-state index contributed by atoms with van der Waals surface area (Å²) in [5.41, 5.74) is 14.1. The van der Waals surface area contributed by atoms with Gasteiger partial charge in [-0.15, -0.1) is 0 Å². The van der Waals surface area contributed by atoms with Gasteiger partial charge in [0.1, 0.15) is 0 Å². The fourth-order valence-electron chi connectivity index (χ4n) is 8.63. The van der Waals surface area contributed by atoms with Gasteiger partial charge >= 0.3 is 0 Å². The molecule has 0 radical (unpaired) electrons. The summed E-state index contributed by atoms with van der Waals surface area (Å²) in [6.07, 6.45) is 0. The van der Waals surface area contributed by atoms with Crippen LogP contribution in [0.5, 0.6) is 0 Å². The Kier molecular flexibility index (Phi) is 8.19. The molecule has 11 rings (SSSR count). The van der Waals surface area contributed by atoms with Crippen LogP contribution < -0.4 is 4.90 Å². The lowest BCUT2D eigenvalue weighted by Crippen LogP contribution is -2.10. The van der Waals surface area contributed by atoms with Crippen LogP contribution in [0.4, 0.5) is 17.1 Å². The summed E-state index contributed by atoms with van der Waals surface area (Å²) in [6, 6.07) is 83.7. The quantitative estimate of drug-likeness (QED) is 0.158. The van der Waals surface area contributed by atoms with Crippen LogP contribution in [0, 0.1) is 0 Å². The van der Waals surface area contributed by atoms with Crippen molar-refractivity contribution in [1.82, 2.24) is 4.57 Å². The highest BCUT2D eigenvalue weighted by Gasteiger charge is 2.18. The van der Waals surface area contributed by atoms with Gasteiger partial charge in [-0.25, -0.2) is 0 Å². The maximum atomic E-state index is 2.39. The lowest BCUT2D eigenvalue weighted by Gasteiger charge is -2.26. The summed E-state index contributed by atoms with van der Waals surface area (Å²) in [5.74, 6) is 0. The van der Waals surface area contributed by atoms with Crippen LogP contribution in [0.3, 0.4) is 0 Å². The Labute approximate surface area is 338 Å². The number of aromatic nitrogens is 1. The molecule has 0 spiro atoms. The lowest BCUT2D eigenvalue weighted by atomic mass is 9.96. The molecule has 58 heavy (non-hydrogen) atoms. The minimum absolute atomic E-state index is 1.10. The summed E-state index contributed by atoms with van der Waals surface area (Å²) in [6.45, 7) is 0. The van der Waals surface area contributed by atoms with Gasteiger partial charge in [-0.1, -0.05) is 152 Å². The van der Waals surface area contributed by atoms with Crippen LogP contribution in [0.2, 0.25) is 0 Å². The average molecular weight is 739 g/mol. The minimum atomic E-state index is 1.10. The molecule has 0 fully saturated rings. The number of rotatable bonds is 7. The third-order valence-corrected chi connectivity index (χ3v) is 11.5. The Balaban J connectivity index is 0.990. The predicted octanol–water partition coefficient (Wildman–Crippen LogP) is 15.6. The molecule has 0 atom stereocenters. The summed E-state index contributed by atoms with van der Waals surface area (Å²) in [5, 5.41) is 7.44. The first kappa shape index (κ1) is 33.6. The van der Waals surface area contributed by atoms with Crippen LogP contribution in [-0.4, -0.2) is 4.57 Å². The summed E-state index contributed by atoms with van der Waals surface area (Å²) >= 11 is 0. The molecule has 1 aromatic heterocycles. The first-order valence-corrected chi connectivity index (χ1v) is 19.9. The van der Waals surface area contributed by atoms with Crippen molar-refractivity contribution in [2.45, 2.75) is 0 Å². The molecule has 0 saturated carbocycles. The van der Waals surface area contributed by atoms with Gasteiger partial charge in [0.2, 0.25) is 0 Å². The Hall–Kier alpha value is -7.68. The highest BCUT2D eigenvalue weighted by Crippen LogP contribution is 2.41. The third-order valence-electron chi connectivity index (χ3n) is 11.5. The van der Waals surface area contributed by atoms with E-state index >= 15 is 0 Å². The van der Waals surface area contributed by atoms with Crippen molar-refractivity contribution in [1.29, 1.82) is 0 Å². The molecule has 0 bridgehead atoms. The van der Waals surface area contributed by atoms with E-state index in [0.29, 0.717) is 0 Å². The molecule has 0 N–H and O–H groups in total. The second-order valence-corrected chi connectivity index (χ2v) is 15.0. The van der Waals surface area contributed by atoms with Gasteiger partial charge in [-0.3, -0.25) is 0 Å². The van der Waals surface area contributed by atoms with E-state index in [-0.39, 0.29) is 0 Å². The maximum absolute atomic E-state index is 2.39. The summed E-state index contributed by atoms with van der Waals surface area (Å²) < 4.78 is 2.37. The summed E-state index contributed by atoms with van der Waals surface area (Å²) in [4.78, 5) is 2.39. The van der Waals surface area contributed by atoms with Crippen molar-refractivity contribution in [2.24, 2.45) is 0 Å². The highest BCUT2D eigenvalue weighted by molar-refractivity contribution is 6.10. The molecular weight excluding hydrogens is 701 g/mol. The smallest absolute Gasteiger partial charge is 0.0542 e. The van der Waals surface area contributed by atoms with Gasteiger partial charge < -0.3 is 9.47 Å². The largest absolute Gasteiger partial charge is 0.310 e. The van der Waals surface area contributed by atoms with E-state index in [0.717, 1.165) is 22.7 Å². The molecule has 0 aliphatic rings. The van der Waals surface area contributed by atoms with Gasteiger partial charge in [0.15, 0.2) is 0 Å². The van der Waals surface area contributed by atoms with E-state index in [2.05, 4.69) is 240 Å². The zero-order valence-corrected chi connectivity index (χ0v) is 31.8. The Morgan fingerprint density at radius 1 is 0.259 bits per heavy atom. The molecule has 272 valence electrons. The second-order valence-electron chi connectivity index (χ2n) is 15.0. The maximum Gasteiger partial charge on any atom is 0.0542 e. The SMILES string of the molecule is c1ccc(-c2cccc(N(c3ccc(-c4ccc5cc(-c6ccc7ccccc7c6)ccc5c4)cc3)c3ccc4c(c3)c3ccccc3n4-c3ccccc3)c2)cc1. The topological polar surface area (TPSA) is 8.17 Å². The van der Waals surface area contributed by atoms with Crippen LogP contribution in [0.25, 0.3) is 82.4 Å². The van der Waals surface area contributed by atoms with E-state index in [9.17, 15) is 0 Å². The fourth-order valence-corrected chi connectivity index (χ4v) is 8.63. The second kappa shape index (κ2) is 14.1. The molecule has 10 aromatic carbocycles. The lowest BCUT2D eigenvalue weighted by molar-refractivity contribution is 1.18. The number of benzene rings is 10. The van der Waals surface area contributed by atoms with E-state index in [4.69, 9.17) is 0 Å². The van der Waals surface area contributed by atoms with Crippen molar-refractivity contribution in [3.05, 3.63) is 231 Å². The van der Waals surface area contributed by atoms with Crippen molar-refractivity contribution in [2.75, 3.05) is 4.90 Å². The molecule has 0 saturated heterocycles. The van der Waals surface area contributed by atoms with Gasteiger partial charge in [-0.2, -0.15) is 0 Å². The van der Waals surface area contributed by atoms with E-state index in [1.807, 2.05) is 0 Å². The number of fused-ring (bicyclic) bond motifs is 5. The zero-order chi connectivity index (χ0) is 38.4. The fraction of sp³-hybridized carbons (Fsp3) is 0. The van der Waals surface area contributed by atoms with Crippen LogP contribution in [0.1, 0.15) is 0 Å². The van der Waals surface area contributed by atoms with Crippen LogP contribution >= 0.6 is 0 Å².